The lowest BCUT2D eigenvalue weighted by Gasteiger charge is -2.42. The number of amides is 2. The first-order valence-electron chi connectivity index (χ1n) is 22.0. The normalized spacial score (nSPS) is 18.1. The minimum Gasteiger partial charge on any atom is -0.496 e. The molecule has 2 aliphatic heterocycles. The van der Waals surface area contributed by atoms with E-state index in [0.717, 1.165) is 52.3 Å². The molecule has 60 heavy (non-hydrogen) atoms. The molecule has 0 radical (unpaired) electrons. The molecule has 11 heteroatoms. The van der Waals surface area contributed by atoms with Crippen molar-refractivity contribution in [3.05, 3.63) is 89.0 Å². The van der Waals surface area contributed by atoms with Crippen LogP contribution in [-0.4, -0.2) is 83.5 Å². The fraction of sp³-hybridized carbons (Fsp3) is 0.592. The number of carbonyl (C=O) groups is 2. The Bertz CT molecular complexity index is 1850. The van der Waals surface area contributed by atoms with Crippen molar-refractivity contribution in [1.82, 2.24) is 4.90 Å². The minimum absolute atomic E-state index is 0.0528. The van der Waals surface area contributed by atoms with Crippen LogP contribution in [0.1, 0.15) is 117 Å². The van der Waals surface area contributed by atoms with Crippen molar-refractivity contribution >= 4 is 26.0 Å². The molecule has 2 amide bonds. The van der Waals surface area contributed by atoms with Gasteiger partial charge in [0.2, 0.25) is 5.91 Å². The SMILES string of the molecule is COc1ccccc1COCCCOc1ccc(C2CCN(C(=O)OC(C)(C)C)CC2OCc2ccc3c(c2)N(CCO[Si](C(C)C)(C(C)C)C(C)C)C(=O)C3(C)C)cc1. The highest BCUT2D eigenvalue weighted by Crippen LogP contribution is 2.44. The molecule has 5 rings (SSSR count). The van der Waals surface area contributed by atoms with Crippen LogP contribution in [0.4, 0.5) is 10.5 Å². The second-order valence-electron chi connectivity index (χ2n) is 18.9. The summed E-state index contributed by atoms with van der Waals surface area (Å²) in [6.45, 7) is 27.3. The molecule has 2 aliphatic rings. The average Bonchev–Trinajstić information content (AvgIpc) is 3.38. The molecule has 2 heterocycles. The number of fused-ring (bicyclic) bond motifs is 1. The zero-order chi connectivity index (χ0) is 43.8. The molecule has 1 fully saturated rings. The third-order valence-corrected chi connectivity index (χ3v) is 18.4. The van der Waals surface area contributed by atoms with Crippen molar-refractivity contribution in [1.29, 1.82) is 0 Å². The lowest BCUT2D eigenvalue weighted by atomic mass is 9.86. The molecular weight excluding hydrogens is 773 g/mol. The zero-order valence-corrected chi connectivity index (χ0v) is 39.5. The van der Waals surface area contributed by atoms with E-state index in [1.807, 2.05) is 75.9 Å². The molecule has 0 saturated carbocycles. The second-order valence-corrected chi connectivity index (χ2v) is 24.4. The summed E-state index contributed by atoms with van der Waals surface area (Å²) in [5, 5.41) is 0. The predicted molar refractivity (Wildman–Crippen MR) is 242 cm³/mol. The summed E-state index contributed by atoms with van der Waals surface area (Å²) in [6.07, 6.45) is 0.866. The number of carbonyl (C=O) groups excluding carboxylic acids is 2. The molecule has 2 atom stereocenters. The van der Waals surface area contributed by atoms with Crippen LogP contribution < -0.4 is 14.4 Å². The van der Waals surface area contributed by atoms with Gasteiger partial charge in [-0.1, -0.05) is 84.0 Å². The number of nitrogens with zero attached hydrogens (tertiary/aromatic N) is 2. The van der Waals surface area contributed by atoms with E-state index < -0.39 is 19.3 Å². The van der Waals surface area contributed by atoms with E-state index in [4.69, 9.17) is 28.1 Å². The smallest absolute Gasteiger partial charge is 0.410 e. The molecule has 10 nitrogen and oxygen atoms in total. The average molecular weight is 845 g/mol. The van der Waals surface area contributed by atoms with Gasteiger partial charge < -0.3 is 37.9 Å². The van der Waals surface area contributed by atoms with Gasteiger partial charge in [-0.15, -0.1) is 0 Å². The molecule has 0 aromatic heterocycles. The summed E-state index contributed by atoms with van der Waals surface area (Å²) in [6, 6.07) is 22.4. The van der Waals surface area contributed by atoms with Crippen molar-refractivity contribution in [3.8, 4) is 11.5 Å². The van der Waals surface area contributed by atoms with Crippen molar-refractivity contribution in [3.63, 3.8) is 0 Å². The van der Waals surface area contributed by atoms with Crippen LogP contribution >= 0.6 is 0 Å². The number of anilines is 1. The van der Waals surface area contributed by atoms with E-state index in [0.29, 0.717) is 69.3 Å². The molecule has 0 bridgehead atoms. The lowest BCUT2D eigenvalue weighted by molar-refractivity contribution is -0.122. The number of ether oxygens (including phenoxy) is 5. The summed E-state index contributed by atoms with van der Waals surface area (Å²) in [7, 11) is -0.422. The van der Waals surface area contributed by atoms with Gasteiger partial charge in [-0.25, -0.2) is 4.79 Å². The number of hydrogen-bond donors (Lipinski definition) is 0. The molecule has 0 aliphatic carbocycles. The van der Waals surface area contributed by atoms with E-state index in [9.17, 15) is 9.59 Å². The molecule has 3 aromatic carbocycles. The number of piperidine rings is 1. The summed E-state index contributed by atoms with van der Waals surface area (Å²) >= 11 is 0. The van der Waals surface area contributed by atoms with Gasteiger partial charge in [-0.05, 0) is 98.6 Å². The van der Waals surface area contributed by atoms with Gasteiger partial charge in [0.15, 0.2) is 8.32 Å². The third kappa shape index (κ3) is 11.1. The quantitative estimate of drug-likeness (QED) is 0.0870. The number of benzene rings is 3. The van der Waals surface area contributed by atoms with Gasteiger partial charge >= 0.3 is 6.09 Å². The standard InChI is InChI=1S/C49H72N2O8Si/c1-34(2)60(35(3)4,36(5)6)58-29-26-51-43-30-37(18-23-42(43)49(10,11)46(51)52)32-57-45-31-50(47(53)59-48(7,8)9)25-24-41(45)38-19-21-40(22-20-38)56-28-15-27-55-33-39-16-13-14-17-44(39)54-12/h13-14,16-23,30,34-36,41,45H,15,24-29,31-33H2,1-12H3. The van der Waals surface area contributed by atoms with E-state index >= 15 is 0 Å². The number of hydrogen-bond acceptors (Lipinski definition) is 8. The fourth-order valence-electron chi connectivity index (χ4n) is 9.35. The maximum absolute atomic E-state index is 13.9. The largest absolute Gasteiger partial charge is 0.496 e. The maximum atomic E-state index is 13.9. The van der Waals surface area contributed by atoms with Crippen molar-refractivity contribution in [2.45, 2.75) is 142 Å². The highest BCUT2D eigenvalue weighted by Gasteiger charge is 2.47. The Hall–Kier alpha value is -3.90. The van der Waals surface area contributed by atoms with Gasteiger partial charge in [0.25, 0.3) is 0 Å². The Kier molecular flexibility index (Phi) is 16.0. The Morgan fingerprint density at radius 1 is 0.883 bits per heavy atom. The predicted octanol–water partition coefficient (Wildman–Crippen LogP) is 10.8. The monoisotopic (exact) mass is 845 g/mol. The number of methoxy groups -OCH3 is 1. The highest BCUT2D eigenvalue weighted by molar-refractivity contribution is 6.77. The van der Waals surface area contributed by atoms with Gasteiger partial charge in [-0.2, -0.15) is 0 Å². The molecule has 0 spiro atoms. The van der Waals surface area contributed by atoms with E-state index in [-0.39, 0.29) is 24.0 Å². The summed E-state index contributed by atoms with van der Waals surface area (Å²) in [4.78, 5) is 30.9. The van der Waals surface area contributed by atoms with Crippen molar-refractivity contribution in [2.24, 2.45) is 0 Å². The molecule has 330 valence electrons. The first-order chi connectivity index (χ1) is 28.4. The van der Waals surface area contributed by atoms with Gasteiger partial charge in [0, 0.05) is 36.7 Å². The maximum Gasteiger partial charge on any atom is 0.410 e. The van der Waals surface area contributed by atoms with Crippen LogP contribution in [-0.2, 0) is 42.1 Å². The Morgan fingerprint density at radius 2 is 1.57 bits per heavy atom. The minimum atomic E-state index is -2.09. The summed E-state index contributed by atoms with van der Waals surface area (Å²) in [5.41, 5.74) is 5.23. The van der Waals surface area contributed by atoms with E-state index in [1.165, 1.54) is 0 Å². The van der Waals surface area contributed by atoms with E-state index in [1.54, 1.807) is 12.0 Å². The molecular formula is C49H72N2O8Si. The van der Waals surface area contributed by atoms with Gasteiger partial charge in [0.1, 0.15) is 17.1 Å². The topological polar surface area (TPSA) is 96.0 Å². The van der Waals surface area contributed by atoms with Crippen LogP contribution in [0.25, 0.3) is 0 Å². The van der Waals surface area contributed by atoms with Crippen LogP contribution in [0.3, 0.4) is 0 Å². The first kappa shape index (κ1) is 47.2. The van der Waals surface area contributed by atoms with E-state index in [2.05, 4.69) is 71.9 Å². The molecule has 2 unspecified atom stereocenters. The molecule has 3 aromatic rings. The Labute approximate surface area is 361 Å². The highest BCUT2D eigenvalue weighted by atomic mass is 28.4. The number of para-hydroxylation sites is 1. The number of rotatable bonds is 19. The second kappa shape index (κ2) is 20.3. The van der Waals surface area contributed by atoms with Crippen molar-refractivity contribution in [2.75, 3.05) is 51.5 Å². The van der Waals surface area contributed by atoms with Crippen LogP contribution in [0.2, 0.25) is 16.6 Å². The summed E-state index contributed by atoms with van der Waals surface area (Å²) in [5.74, 6) is 1.77. The lowest BCUT2D eigenvalue weighted by Crippen LogP contribution is -2.49. The Morgan fingerprint density at radius 3 is 2.22 bits per heavy atom. The van der Waals surface area contributed by atoms with Crippen LogP contribution in [0.5, 0.6) is 11.5 Å². The van der Waals surface area contributed by atoms with Crippen molar-refractivity contribution < 1.29 is 37.7 Å². The van der Waals surface area contributed by atoms with Crippen LogP contribution in [0.15, 0.2) is 66.7 Å². The fourth-order valence-corrected chi connectivity index (χ4v) is 14.8. The number of likely N-dealkylation sites (tertiary alicyclic amines) is 1. The Balaban J connectivity index is 1.25. The van der Waals surface area contributed by atoms with Gasteiger partial charge in [-0.3, -0.25) is 4.79 Å². The zero-order valence-electron chi connectivity index (χ0n) is 38.5. The van der Waals surface area contributed by atoms with Crippen LogP contribution in [0, 0.1) is 0 Å². The summed E-state index contributed by atoms with van der Waals surface area (Å²) < 4.78 is 36.8. The third-order valence-electron chi connectivity index (χ3n) is 12.3. The molecule has 0 N–H and O–H groups in total. The first-order valence-corrected chi connectivity index (χ1v) is 24.1. The van der Waals surface area contributed by atoms with Gasteiger partial charge in [0.05, 0.1) is 58.2 Å². The molecule has 1 saturated heterocycles.